The summed E-state index contributed by atoms with van der Waals surface area (Å²) in [6, 6.07) is 6.06. The Balaban J connectivity index is 2.29. The van der Waals surface area contributed by atoms with E-state index in [1.54, 1.807) is 12.5 Å². The van der Waals surface area contributed by atoms with Crippen LogP contribution in [-0.4, -0.2) is 4.98 Å². The molecule has 0 radical (unpaired) electrons. The van der Waals surface area contributed by atoms with Gasteiger partial charge in [-0.05, 0) is 25.0 Å². The molecule has 0 aromatic carbocycles. The van der Waals surface area contributed by atoms with Crippen LogP contribution in [0.25, 0.3) is 11.1 Å². The number of rotatable bonds is 1. The average molecular weight is 184 g/mol. The third-order valence-corrected chi connectivity index (χ3v) is 2.81. The molecule has 1 fully saturated rings. The first-order valence-corrected chi connectivity index (χ1v) is 4.60. The van der Waals surface area contributed by atoms with Crippen LogP contribution in [-0.2, 0) is 5.41 Å². The zero-order chi connectivity index (χ0) is 9.60. The maximum atomic E-state index is 9.07. The van der Waals surface area contributed by atoms with Crippen molar-refractivity contribution in [1.29, 1.82) is 5.26 Å². The Morgan fingerprint density at radius 3 is 3.07 bits per heavy atom. The molecule has 0 amide bonds. The Bertz CT molecular complexity index is 531. The summed E-state index contributed by atoms with van der Waals surface area (Å²) in [7, 11) is 0. The molecule has 0 bridgehead atoms. The highest BCUT2D eigenvalue weighted by molar-refractivity contribution is 5.78. The SMILES string of the molecule is N#CC1(c2coc3cccnc23)CC1. The van der Waals surface area contributed by atoms with Crippen molar-refractivity contribution in [2.75, 3.05) is 0 Å². The third kappa shape index (κ3) is 0.828. The van der Waals surface area contributed by atoms with Crippen molar-refractivity contribution in [3.05, 3.63) is 30.2 Å². The predicted molar refractivity (Wildman–Crippen MR) is 50.5 cm³/mol. The topological polar surface area (TPSA) is 49.8 Å². The molecule has 3 rings (SSSR count). The maximum absolute atomic E-state index is 9.07. The lowest BCUT2D eigenvalue weighted by molar-refractivity contribution is 0.607. The van der Waals surface area contributed by atoms with E-state index in [1.807, 2.05) is 12.1 Å². The monoisotopic (exact) mass is 184 g/mol. The van der Waals surface area contributed by atoms with Gasteiger partial charge in [0.2, 0.25) is 0 Å². The van der Waals surface area contributed by atoms with E-state index in [9.17, 15) is 0 Å². The molecule has 14 heavy (non-hydrogen) atoms. The highest BCUT2D eigenvalue weighted by atomic mass is 16.3. The molecule has 0 aliphatic heterocycles. The number of hydrogen-bond donors (Lipinski definition) is 0. The molecule has 1 aliphatic rings. The van der Waals surface area contributed by atoms with Gasteiger partial charge < -0.3 is 4.42 Å². The molecule has 1 saturated carbocycles. The van der Waals surface area contributed by atoms with E-state index in [0.29, 0.717) is 0 Å². The van der Waals surface area contributed by atoms with Crippen LogP contribution >= 0.6 is 0 Å². The van der Waals surface area contributed by atoms with Gasteiger partial charge in [-0.1, -0.05) is 0 Å². The smallest absolute Gasteiger partial charge is 0.152 e. The van der Waals surface area contributed by atoms with Gasteiger partial charge in [0.15, 0.2) is 5.58 Å². The molecule has 2 aromatic rings. The van der Waals surface area contributed by atoms with Gasteiger partial charge >= 0.3 is 0 Å². The second-order valence-corrected chi connectivity index (χ2v) is 3.69. The van der Waals surface area contributed by atoms with Gasteiger partial charge in [-0.25, -0.2) is 0 Å². The van der Waals surface area contributed by atoms with Crippen molar-refractivity contribution in [2.45, 2.75) is 18.3 Å². The molecule has 0 N–H and O–H groups in total. The fourth-order valence-corrected chi connectivity index (χ4v) is 1.77. The fourth-order valence-electron chi connectivity index (χ4n) is 1.77. The molecule has 3 nitrogen and oxygen atoms in total. The van der Waals surface area contributed by atoms with Crippen molar-refractivity contribution in [3.8, 4) is 6.07 Å². The van der Waals surface area contributed by atoms with Gasteiger partial charge in [-0.3, -0.25) is 4.98 Å². The first kappa shape index (κ1) is 7.57. The Morgan fingerprint density at radius 1 is 1.50 bits per heavy atom. The van der Waals surface area contributed by atoms with Gasteiger partial charge in [0, 0.05) is 11.8 Å². The van der Waals surface area contributed by atoms with E-state index in [0.717, 1.165) is 29.5 Å². The zero-order valence-corrected chi connectivity index (χ0v) is 7.53. The molecule has 68 valence electrons. The van der Waals surface area contributed by atoms with Crippen LogP contribution < -0.4 is 0 Å². The Labute approximate surface area is 81.0 Å². The van der Waals surface area contributed by atoms with Crippen LogP contribution in [0.1, 0.15) is 18.4 Å². The van der Waals surface area contributed by atoms with Crippen LogP contribution in [0.4, 0.5) is 0 Å². The molecule has 2 heterocycles. The lowest BCUT2D eigenvalue weighted by atomic mass is 10.00. The summed E-state index contributed by atoms with van der Waals surface area (Å²) < 4.78 is 5.36. The van der Waals surface area contributed by atoms with Gasteiger partial charge in [0.25, 0.3) is 0 Å². The van der Waals surface area contributed by atoms with Gasteiger partial charge in [-0.2, -0.15) is 5.26 Å². The normalized spacial score (nSPS) is 17.9. The first-order chi connectivity index (χ1) is 6.86. The van der Waals surface area contributed by atoms with Crippen molar-refractivity contribution in [3.63, 3.8) is 0 Å². The largest absolute Gasteiger partial charge is 0.462 e. The number of pyridine rings is 1. The third-order valence-electron chi connectivity index (χ3n) is 2.81. The molecule has 3 heteroatoms. The van der Waals surface area contributed by atoms with E-state index in [4.69, 9.17) is 9.68 Å². The van der Waals surface area contributed by atoms with Crippen molar-refractivity contribution in [2.24, 2.45) is 0 Å². The van der Waals surface area contributed by atoms with Crippen LogP contribution in [0.2, 0.25) is 0 Å². The van der Waals surface area contributed by atoms with E-state index in [1.165, 1.54) is 0 Å². The highest BCUT2D eigenvalue weighted by Crippen LogP contribution is 2.49. The molecule has 0 saturated heterocycles. The summed E-state index contributed by atoms with van der Waals surface area (Å²) in [6.45, 7) is 0. The summed E-state index contributed by atoms with van der Waals surface area (Å²) in [4.78, 5) is 4.25. The Morgan fingerprint density at radius 2 is 2.36 bits per heavy atom. The second-order valence-electron chi connectivity index (χ2n) is 3.69. The highest BCUT2D eigenvalue weighted by Gasteiger charge is 2.47. The number of fused-ring (bicyclic) bond motifs is 1. The predicted octanol–water partition coefficient (Wildman–Crippen LogP) is 2.38. The van der Waals surface area contributed by atoms with Crippen LogP contribution in [0.15, 0.2) is 29.0 Å². The summed E-state index contributed by atoms with van der Waals surface area (Å²) in [6.07, 6.45) is 5.26. The van der Waals surface area contributed by atoms with Crippen molar-refractivity contribution in [1.82, 2.24) is 4.98 Å². The van der Waals surface area contributed by atoms with Crippen LogP contribution in [0.3, 0.4) is 0 Å². The molecule has 0 atom stereocenters. The van der Waals surface area contributed by atoms with Gasteiger partial charge in [-0.15, -0.1) is 0 Å². The minimum absolute atomic E-state index is 0.306. The molecule has 1 aliphatic carbocycles. The summed E-state index contributed by atoms with van der Waals surface area (Å²) in [5.41, 5.74) is 2.26. The van der Waals surface area contributed by atoms with Crippen molar-refractivity contribution >= 4 is 11.1 Å². The first-order valence-electron chi connectivity index (χ1n) is 4.60. The molecule has 0 spiro atoms. The Kier molecular flexibility index (Phi) is 1.27. The second kappa shape index (κ2) is 2.36. The summed E-state index contributed by atoms with van der Waals surface area (Å²) in [5, 5.41) is 9.07. The minimum Gasteiger partial charge on any atom is -0.462 e. The minimum atomic E-state index is -0.306. The van der Waals surface area contributed by atoms with E-state index in [2.05, 4.69) is 11.1 Å². The summed E-state index contributed by atoms with van der Waals surface area (Å²) in [5.74, 6) is 0. The summed E-state index contributed by atoms with van der Waals surface area (Å²) >= 11 is 0. The van der Waals surface area contributed by atoms with Crippen LogP contribution in [0, 0.1) is 11.3 Å². The van der Waals surface area contributed by atoms with Crippen LogP contribution in [0.5, 0.6) is 0 Å². The molecule has 0 unspecified atom stereocenters. The van der Waals surface area contributed by atoms with E-state index >= 15 is 0 Å². The standard InChI is InChI=1S/C11H8N2O/c12-7-11(3-4-11)8-6-14-9-2-1-5-13-10(8)9/h1-2,5-6H,3-4H2. The molecular formula is C11H8N2O. The van der Waals surface area contributed by atoms with E-state index in [-0.39, 0.29) is 5.41 Å². The number of nitriles is 1. The number of nitrogens with zero attached hydrogens (tertiary/aromatic N) is 2. The van der Waals surface area contributed by atoms with E-state index < -0.39 is 0 Å². The molecular weight excluding hydrogens is 176 g/mol. The lowest BCUT2D eigenvalue weighted by Crippen LogP contribution is -2.01. The lowest BCUT2D eigenvalue weighted by Gasteiger charge is -1.99. The maximum Gasteiger partial charge on any atom is 0.152 e. The Hall–Kier alpha value is -1.82. The number of furan rings is 1. The number of hydrogen-bond acceptors (Lipinski definition) is 3. The quantitative estimate of drug-likeness (QED) is 0.683. The van der Waals surface area contributed by atoms with Gasteiger partial charge in [0.05, 0.1) is 17.7 Å². The average Bonchev–Trinajstić information content (AvgIpc) is 2.91. The number of aromatic nitrogens is 1. The zero-order valence-electron chi connectivity index (χ0n) is 7.53. The van der Waals surface area contributed by atoms with Crippen molar-refractivity contribution < 1.29 is 4.42 Å². The fraction of sp³-hybridized carbons (Fsp3) is 0.273. The van der Waals surface area contributed by atoms with Gasteiger partial charge in [0.1, 0.15) is 5.52 Å². The molecule has 2 aromatic heterocycles.